The third-order valence-corrected chi connectivity index (χ3v) is 5.16. The van der Waals surface area contributed by atoms with Crippen LogP contribution >= 0.6 is 0 Å². The molecule has 0 radical (unpaired) electrons. The molecule has 7 N–H and O–H groups in total. The topological polar surface area (TPSA) is 216 Å². The van der Waals surface area contributed by atoms with Gasteiger partial charge in [0, 0.05) is 13.0 Å². The first-order chi connectivity index (χ1) is 15.3. The fourth-order valence-electron chi connectivity index (χ4n) is 3.56. The quantitative estimate of drug-likeness (QED) is 0.187. The number of rotatable bonds is 13. The summed E-state index contributed by atoms with van der Waals surface area (Å²) in [6.07, 6.45) is -0.528. The molecular weight excluding hydrogens is 440 g/mol. The number of hydrogen-bond donors (Lipinski definition) is 6. The largest absolute Gasteiger partial charge is 0.481 e. The van der Waals surface area contributed by atoms with Crippen LogP contribution in [0.3, 0.4) is 0 Å². The van der Waals surface area contributed by atoms with Crippen molar-refractivity contribution in [2.24, 2.45) is 11.7 Å². The molecule has 33 heavy (non-hydrogen) atoms. The maximum absolute atomic E-state index is 13.1. The van der Waals surface area contributed by atoms with Crippen LogP contribution in [0.1, 0.15) is 52.4 Å². The zero-order valence-corrected chi connectivity index (χ0v) is 18.7. The monoisotopic (exact) mass is 472 g/mol. The average molecular weight is 472 g/mol. The first kappa shape index (κ1) is 27.8. The molecule has 1 fully saturated rings. The summed E-state index contributed by atoms with van der Waals surface area (Å²) >= 11 is 0. The van der Waals surface area contributed by atoms with E-state index >= 15 is 0 Å². The lowest BCUT2D eigenvalue weighted by molar-refractivity contribution is -0.148. The lowest BCUT2D eigenvalue weighted by Crippen LogP contribution is -2.57. The minimum Gasteiger partial charge on any atom is -0.481 e. The van der Waals surface area contributed by atoms with Crippen molar-refractivity contribution in [3.8, 4) is 0 Å². The normalized spacial score (nSPS) is 18.3. The highest BCUT2D eigenvalue weighted by atomic mass is 16.4. The van der Waals surface area contributed by atoms with E-state index in [0.29, 0.717) is 12.8 Å². The second kappa shape index (κ2) is 12.7. The number of aliphatic carboxylic acids is 3. The van der Waals surface area contributed by atoms with Gasteiger partial charge in [0.2, 0.25) is 17.7 Å². The zero-order valence-electron chi connectivity index (χ0n) is 18.7. The van der Waals surface area contributed by atoms with Gasteiger partial charge in [-0.2, -0.15) is 0 Å². The lowest BCUT2D eigenvalue weighted by atomic mass is 10.0. The molecule has 1 heterocycles. The average Bonchev–Trinajstić information content (AvgIpc) is 3.18. The Morgan fingerprint density at radius 2 is 1.64 bits per heavy atom. The summed E-state index contributed by atoms with van der Waals surface area (Å²) in [5, 5.41) is 31.6. The number of carboxylic acid groups (broad SMARTS) is 3. The van der Waals surface area contributed by atoms with Crippen molar-refractivity contribution in [2.45, 2.75) is 76.5 Å². The molecule has 0 aromatic heterocycles. The van der Waals surface area contributed by atoms with Crippen molar-refractivity contribution in [3.05, 3.63) is 0 Å². The molecule has 0 aliphatic carbocycles. The lowest BCUT2D eigenvalue weighted by Gasteiger charge is -2.29. The van der Waals surface area contributed by atoms with Crippen LogP contribution in [0.5, 0.6) is 0 Å². The molecule has 0 spiro atoms. The molecule has 1 rings (SSSR count). The van der Waals surface area contributed by atoms with Crippen LogP contribution in [0.15, 0.2) is 0 Å². The van der Waals surface area contributed by atoms with Gasteiger partial charge in [0.25, 0.3) is 0 Å². The Hall–Kier alpha value is -3.22. The van der Waals surface area contributed by atoms with E-state index < -0.39 is 72.6 Å². The Balaban J connectivity index is 2.98. The highest BCUT2D eigenvalue weighted by molar-refractivity contribution is 5.95. The van der Waals surface area contributed by atoms with Crippen molar-refractivity contribution in [3.63, 3.8) is 0 Å². The third-order valence-electron chi connectivity index (χ3n) is 5.16. The van der Waals surface area contributed by atoms with E-state index in [4.69, 9.17) is 21.1 Å². The Kier molecular flexibility index (Phi) is 10.7. The number of nitrogens with zero attached hydrogens (tertiary/aromatic N) is 1. The fourth-order valence-corrected chi connectivity index (χ4v) is 3.56. The van der Waals surface area contributed by atoms with Crippen molar-refractivity contribution >= 4 is 35.6 Å². The summed E-state index contributed by atoms with van der Waals surface area (Å²) in [6.45, 7) is 3.86. The summed E-state index contributed by atoms with van der Waals surface area (Å²) in [6, 6.07) is -4.91. The number of carboxylic acids is 3. The Labute approximate surface area is 190 Å². The highest BCUT2D eigenvalue weighted by Crippen LogP contribution is 2.20. The summed E-state index contributed by atoms with van der Waals surface area (Å²) in [5.41, 5.74) is 5.85. The van der Waals surface area contributed by atoms with Gasteiger partial charge < -0.3 is 36.6 Å². The summed E-state index contributed by atoms with van der Waals surface area (Å²) in [7, 11) is 0. The molecule has 1 aliphatic heterocycles. The first-order valence-electron chi connectivity index (χ1n) is 10.7. The summed E-state index contributed by atoms with van der Waals surface area (Å²) in [4.78, 5) is 72.5. The van der Waals surface area contributed by atoms with Crippen LogP contribution in [-0.4, -0.2) is 86.6 Å². The van der Waals surface area contributed by atoms with Gasteiger partial charge in [-0.15, -0.1) is 0 Å². The molecule has 186 valence electrons. The maximum Gasteiger partial charge on any atom is 0.326 e. The fraction of sp³-hybridized carbons (Fsp3) is 0.700. The van der Waals surface area contributed by atoms with E-state index in [1.807, 2.05) is 13.8 Å². The number of amides is 3. The molecular formula is C20H32N4O9. The van der Waals surface area contributed by atoms with Crippen molar-refractivity contribution < 1.29 is 44.1 Å². The maximum atomic E-state index is 13.1. The van der Waals surface area contributed by atoms with Crippen LogP contribution in [0.25, 0.3) is 0 Å². The van der Waals surface area contributed by atoms with Crippen LogP contribution in [0.4, 0.5) is 0 Å². The summed E-state index contributed by atoms with van der Waals surface area (Å²) in [5.74, 6) is -6.18. The molecule has 4 atom stereocenters. The van der Waals surface area contributed by atoms with Crippen LogP contribution in [0, 0.1) is 5.92 Å². The van der Waals surface area contributed by atoms with Gasteiger partial charge in [0.05, 0.1) is 12.5 Å². The van der Waals surface area contributed by atoms with Gasteiger partial charge in [0.1, 0.15) is 18.1 Å². The molecule has 0 saturated carbocycles. The number of nitrogens with two attached hydrogens (primary N) is 1. The third kappa shape index (κ3) is 9.04. The van der Waals surface area contributed by atoms with Crippen LogP contribution in [0.2, 0.25) is 0 Å². The van der Waals surface area contributed by atoms with E-state index in [9.17, 15) is 28.8 Å². The van der Waals surface area contributed by atoms with Crippen molar-refractivity contribution in [1.29, 1.82) is 0 Å². The standard InChI is InChI=1S/C20H32N4O9/c1-10(2)8-11(21)17(29)22-12(5-6-15(25)26)19(31)24-7-3-4-14(24)18(30)23-13(20(32)33)9-16(27)28/h10-14H,3-9,21H2,1-2H3,(H,22,29)(H,23,30)(H,25,26)(H,27,28)(H,32,33). The van der Waals surface area contributed by atoms with E-state index in [2.05, 4.69) is 10.6 Å². The second-order valence-electron chi connectivity index (χ2n) is 8.42. The molecule has 0 bridgehead atoms. The Morgan fingerprint density at radius 3 is 2.15 bits per heavy atom. The first-order valence-corrected chi connectivity index (χ1v) is 10.7. The highest BCUT2D eigenvalue weighted by Gasteiger charge is 2.39. The number of hydrogen-bond acceptors (Lipinski definition) is 7. The molecule has 13 heteroatoms. The second-order valence-corrected chi connectivity index (χ2v) is 8.42. The predicted molar refractivity (Wildman–Crippen MR) is 113 cm³/mol. The molecule has 1 saturated heterocycles. The number of carbonyl (C=O) groups is 6. The van der Waals surface area contributed by atoms with E-state index in [-0.39, 0.29) is 25.3 Å². The molecule has 0 aromatic rings. The minimum absolute atomic E-state index is 0.110. The van der Waals surface area contributed by atoms with Gasteiger partial charge in [-0.3, -0.25) is 24.0 Å². The van der Waals surface area contributed by atoms with Crippen molar-refractivity contribution in [2.75, 3.05) is 6.54 Å². The van der Waals surface area contributed by atoms with Gasteiger partial charge in [-0.05, 0) is 31.6 Å². The number of likely N-dealkylation sites (tertiary alicyclic amines) is 1. The van der Waals surface area contributed by atoms with Crippen LogP contribution < -0.4 is 16.4 Å². The Bertz CT molecular complexity index is 771. The van der Waals surface area contributed by atoms with Gasteiger partial charge in [-0.1, -0.05) is 13.8 Å². The van der Waals surface area contributed by atoms with E-state index in [0.717, 1.165) is 4.90 Å². The Morgan fingerprint density at radius 1 is 1.00 bits per heavy atom. The van der Waals surface area contributed by atoms with Gasteiger partial charge in [0.15, 0.2) is 0 Å². The molecule has 13 nitrogen and oxygen atoms in total. The SMILES string of the molecule is CC(C)CC(N)C(=O)NC(CCC(=O)O)C(=O)N1CCCC1C(=O)NC(CC(=O)O)C(=O)O. The number of nitrogens with one attached hydrogen (secondary N) is 2. The number of carbonyl (C=O) groups excluding carboxylic acids is 3. The smallest absolute Gasteiger partial charge is 0.326 e. The predicted octanol–water partition coefficient (Wildman–Crippen LogP) is -1.26. The molecule has 1 aliphatic rings. The molecule has 4 unspecified atom stereocenters. The van der Waals surface area contributed by atoms with Gasteiger partial charge in [-0.25, -0.2) is 4.79 Å². The minimum atomic E-state index is -1.68. The zero-order chi connectivity index (χ0) is 25.3. The summed E-state index contributed by atoms with van der Waals surface area (Å²) < 4.78 is 0. The molecule has 3 amide bonds. The van der Waals surface area contributed by atoms with Crippen molar-refractivity contribution in [1.82, 2.24) is 15.5 Å². The van der Waals surface area contributed by atoms with Gasteiger partial charge >= 0.3 is 17.9 Å². The van der Waals surface area contributed by atoms with E-state index in [1.54, 1.807) is 0 Å². The van der Waals surface area contributed by atoms with Crippen LogP contribution in [-0.2, 0) is 28.8 Å². The molecule has 0 aromatic carbocycles. The van der Waals surface area contributed by atoms with E-state index in [1.165, 1.54) is 0 Å².